The predicted molar refractivity (Wildman–Crippen MR) is 74.7 cm³/mol. The fraction of sp³-hybridized carbons (Fsp3) is 0.667. The van der Waals surface area contributed by atoms with Gasteiger partial charge in [-0.25, -0.2) is 4.98 Å². The third-order valence-electron chi connectivity index (χ3n) is 3.88. The third-order valence-corrected chi connectivity index (χ3v) is 3.88. The summed E-state index contributed by atoms with van der Waals surface area (Å²) in [6.07, 6.45) is 6.51. The average molecular weight is 248 g/mol. The molecule has 100 valence electrons. The second-order valence-electron chi connectivity index (χ2n) is 5.31. The molecule has 0 radical (unpaired) electrons. The molecule has 2 heterocycles. The minimum atomic E-state index is -0.443. The lowest BCUT2D eigenvalue weighted by Crippen LogP contribution is -2.35. The van der Waals surface area contributed by atoms with Crippen molar-refractivity contribution in [1.82, 2.24) is 4.98 Å². The van der Waals surface area contributed by atoms with Crippen molar-refractivity contribution in [2.75, 3.05) is 18.0 Å². The van der Waals surface area contributed by atoms with Gasteiger partial charge in [0.05, 0.1) is 6.10 Å². The van der Waals surface area contributed by atoms with Gasteiger partial charge < -0.3 is 10.0 Å². The number of hydrogen-bond acceptors (Lipinski definition) is 3. The first-order valence-corrected chi connectivity index (χ1v) is 7.10. The van der Waals surface area contributed by atoms with Gasteiger partial charge in [-0.3, -0.25) is 0 Å². The third kappa shape index (κ3) is 3.02. The van der Waals surface area contributed by atoms with Gasteiger partial charge in [-0.1, -0.05) is 25.8 Å². The topological polar surface area (TPSA) is 36.4 Å². The van der Waals surface area contributed by atoms with Gasteiger partial charge in [0.15, 0.2) is 0 Å². The summed E-state index contributed by atoms with van der Waals surface area (Å²) in [5, 5.41) is 9.80. The van der Waals surface area contributed by atoms with E-state index in [0.29, 0.717) is 0 Å². The monoisotopic (exact) mass is 248 g/mol. The van der Waals surface area contributed by atoms with Gasteiger partial charge in [-0.05, 0) is 31.7 Å². The summed E-state index contributed by atoms with van der Waals surface area (Å²) in [5.41, 5.74) is 0.950. The Kier molecular flexibility index (Phi) is 4.59. The highest BCUT2D eigenvalue weighted by Gasteiger charge is 2.22. The molecule has 1 atom stereocenters. The quantitative estimate of drug-likeness (QED) is 0.889. The van der Waals surface area contributed by atoms with E-state index in [2.05, 4.69) is 16.8 Å². The van der Waals surface area contributed by atoms with E-state index in [1.807, 2.05) is 25.3 Å². The van der Waals surface area contributed by atoms with Gasteiger partial charge >= 0.3 is 0 Å². The molecular weight excluding hydrogens is 224 g/mol. The van der Waals surface area contributed by atoms with Crippen molar-refractivity contribution in [3.8, 4) is 0 Å². The van der Waals surface area contributed by atoms with Crippen molar-refractivity contribution in [1.29, 1.82) is 0 Å². The van der Waals surface area contributed by atoms with Gasteiger partial charge in [-0.15, -0.1) is 0 Å². The van der Waals surface area contributed by atoms with Crippen LogP contribution in [0.25, 0.3) is 0 Å². The maximum atomic E-state index is 9.80. The molecule has 1 aliphatic rings. The number of anilines is 1. The summed E-state index contributed by atoms with van der Waals surface area (Å²) < 4.78 is 0. The first-order valence-electron chi connectivity index (χ1n) is 7.10. The molecule has 0 aromatic carbocycles. The van der Waals surface area contributed by atoms with Crippen molar-refractivity contribution in [3.05, 3.63) is 23.9 Å². The Morgan fingerprint density at radius 1 is 1.44 bits per heavy atom. The van der Waals surface area contributed by atoms with Gasteiger partial charge in [0.1, 0.15) is 5.82 Å². The highest BCUT2D eigenvalue weighted by molar-refractivity contribution is 5.48. The maximum Gasteiger partial charge on any atom is 0.134 e. The van der Waals surface area contributed by atoms with E-state index in [4.69, 9.17) is 0 Å². The molecule has 0 bridgehead atoms. The Balaban J connectivity index is 2.05. The van der Waals surface area contributed by atoms with Crippen LogP contribution in [-0.4, -0.2) is 23.2 Å². The molecule has 0 aliphatic carbocycles. The second kappa shape index (κ2) is 6.19. The number of aromatic nitrogens is 1. The van der Waals surface area contributed by atoms with E-state index in [1.54, 1.807) is 0 Å². The molecule has 3 nitrogen and oxygen atoms in total. The molecule has 1 fully saturated rings. The molecule has 1 aromatic rings. The smallest absolute Gasteiger partial charge is 0.134 e. The largest absolute Gasteiger partial charge is 0.389 e. The Morgan fingerprint density at radius 2 is 2.17 bits per heavy atom. The molecule has 1 N–H and O–H groups in total. The molecule has 1 saturated heterocycles. The van der Waals surface area contributed by atoms with Gasteiger partial charge in [0.2, 0.25) is 0 Å². The number of pyridine rings is 1. The van der Waals surface area contributed by atoms with E-state index in [-0.39, 0.29) is 0 Å². The summed E-state index contributed by atoms with van der Waals surface area (Å²) in [5.74, 6) is 1.85. The molecule has 2 rings (SSSR count). The van der Waals surface area contributed by atoms with Crippen LogP contribution < -0.4 is 4.90 Å². The minimum absolute atomic E-state index is 0.443. The molecule has 0 saturated carbocycles. The minimum Gasteiger partial charge on any atom is -0.389 e. The molecule has 18 heavy (non-hydrogen) atoms. The summed E-state index contributed by atoms with van der Waals surface area (Å²) in [6, 6.07) is 3.88. The second-order valence-corrected chi connectivity index (χ2v) is 5.31. The first-order chi connectivity index (χ1) is 8.72. The Morgan fingerprint density at radius 3 is 2.78 bits per heavy atom. The SMILES string of the molecule is CCCC1CCN(c2ncccc2[C@H](C)O)CC1. The average Bonchev–Trinajstić information content (AvgIpc) is 2.40. The Bertz CT molecular complexity index is 371. The van der Waals surface area contributed by atoms with Crippen molar-refractivity contribution in [2.45, 2.75) is 45.6 Å². The predicted octanol–water partition coefficient (Wildman–Crippen LogP) is 3.15. The number of rotatable bonds is 4. The number of nitrogens with zero attached hydrogens (tertiary/aromatic N) is 2. The maximum absolute atomic E-state index is 9.80. The lowest BCUT2D eigenvalue weighted by Gasteiger charge is -2.34. The van der Waals surface area contributed by atoms with E-state index in [0.717, 1.165) is 30.4 Å². The van der Waals surface area contributed by atoms with E-state index >= 15 is 0 Å². The first kappa shape index (κ1) is 13.3. The van der Waals surface area contributed by atoms with Crippen LogP contribution in [0.4, 0.5) is 5.82 Å². The van der Waals surface area contributed by atoms with Crippen molar-refractivity contribution < 1.29 is 5.11 Å². The zero-order valence-corrected chi connectivity index (χ0v) is 11.5. The van der Waals surface area contributed by atoms with E-state index in [9.17, 15) is 5.11 Å². The van der Waals surface area contributed by atoms with Crippen molar-refractivity contribution >= 4 is 5.82 Å². The molecular formula is C15H24N2O. The molecule has 0 unspecified atom stereocenters. The molecule has 0 amide bonds. The van der Waals surface area contributed by atoms with Crippen LogP contribution >= 0.6 is 0 Å². The number of aliphatic hydroxyl groups is 1. The fourth-order valence-electron chi connectivity index (χ4n) is 2.84. The summed E-state index contributed by atoms with van der Waals surface area (Å²) in [7, 11) is 0. The Labute approximate surface area is 110 Å². The highest BCUT2D eigenvalue weighted by Crippen LogP contribution is 2.29. The van der Waals surface area contributed by atoms with Crippen molar-refractivity contribution in [2.24, 2.45) is 5.92 Å². The van der Waals surface area contributed by atoms with E-state index < -0.39 is 6.10 Å². The van der Waals surface area contributed by atoms with Crippen LogP contribution in [0.5, 0.6) is 0 Å². The summed E-state index contributed by atoms with van der Waals surface area (Å²) in [4.78, 5) is 6.79. The van der Waals surface area contributed by atoms with Crippen LogP contribution in [0.2, 0.25) is 0 Å². The standard InChI is InChI=1S/C15H24N2O/c1-3-5-13-7-10-17(11-8-13)15-14(12(2)18)6-4-9-16-15/h4,6,9,12-13,18H,3,5,7-8,10-11H2,1-2H3/t12-/m0/s1. The number of piperidine rings is 1. The van der Waals surface area contributed by atoms with Crippen LogP contribution in [0, 0.1) is 5.92 Å². The highest BCUT2D eigenvalue weighted by atomic mass is 16.3. The molecule has 3 heteroatoms. The van der Waals surface area contributed by atoms with Crippen molar-refractivity contribution in [3.63, 3.8) is 0 Å². The normalized spacial score (nSPS) is 18.9. The molecule has 0 spiro atoms. The van der Waals surface area contributed by atoms with Gasteiger partial charge in [0, 0.05) is 24.8 Å². The number of aliphatic hydroxyl groups excluding tert-OH is 1. The zero-order valence-electron chi connectivity index (χ0n) is 11.5. The van der Waals surface area contributed by atoms with Crippen LogP contribution in [0.15, 0.2) is 18.3 Å². The van der Waals surface area contributed by atoms with Crippen LogP contribution in [0.3, 0.4) is 0 Å². The lowest BCUT2D eigenvalue weighted by molar-refractivity contribution is 0.199. The zero-order chi connectivity index (χ0) is 13.0. The molecule has 1 aliphatic heterocycles. The Hall–Kier alpha value is -1.09. The molecule has 1 aromatic heterocycles. The van der Waals surface area contributed by atoms with Crippen LogP contribution in [0.1, 0.15) is 51.2 Å². The van der Waals surface area contributed by atoms with Gasteiger partial charge in [0.25, 0.3) is 0 Å². The summed E-state index contributed by atoms with van der Waals surface area (Å²) in [6.45, 7) is 6.21. The summed E-state index contributed by atoms with van der Waals surface area (Å²) >= 11 is 0. The number of hydrogen-bond donors (Lipinski definition) is 1. The van der Waals surface area contributed by atoms with Crippen LogP contribution in [-0.2, 0) is 0 Å². The van der Waals surface area contributed by atoms with Gasteiger partial charge in [-0.2, -0.15) is 0 Å². The lowest BCUT2D eigenvalue weighted by atomic mass is 9.92. The van der Waals surface area contributed by atoms with E-state index in [1.165, 1.54) is 25.7 Å². The fourth-order valence-corrected chi connectivity index (χ4v) is 2.84.